The molecule has 3 aromatic rings. The lowest BCUT2D eigenvalue weighted by molar-refractivity contribution is 0.0734. The first-order chi connectivity index (χ1) is 16.6. The fourth-order valence-electron chi connectivity index (χ4n) is 3.63. The van der Waals surface area contributed by atoms with E-state index in [1.54, 1.807) is 12.1 Å². The number of esters is 1. The number of carbonyl (C=O) groups is 1. The second-order valence-electron chi connectivity index (χ2n) is 8.82. The van der Waals surface area contributed by atoms with Gasteiger partial charge in [-0.25, -0.2) is 4.79 Å². The number of rotatable bonds is 13. The average Bonchev–Trinajstić information content (AvgIpc) is 2.88. The van der Waals surface area contributed by atoms with E-state index in [0.29, 0.717) is 17.9 Å². The quantitative estimate of drug-likeness (QED) is 0.112. The van der Waals surface area contributed by atoms with Crippen LogP contribution in [0.15, 0.2) is 85.5 Å². The molecule has 0 radical (unpaired) electrons. The van der Waals surface area contributed by atoms with E-state index in [-0.39, 0.29) is 5.97 Å². The molecule has 1 unspecified atom stereocenters. The molecule has 0 amide bonds. The Kier molecular flexibility index (Phi) is 9.97. The lowest BCUT2D eigenvalue weighted by Crippen LogP contribution is -2.08. The molecule has 0 aliphatic heterocycles. The minimum Gasteiger partial charge on any atom is -0.494 e. The first kappa shape index (κ1) is 25.3. The Hall–Kier alpha value is -3.33. The Morgan fingerprint density at radius 2 is 1.50 bits per heavy atom. The molecule has 0 bridgehead atoms. The predicted octanol–water partition coefficient (Wildman–Crippen LogP) is 8.29. The molecule has 0 aromatic heterocycles. The topological polar surface area (TPSA) is 35.5 Å². The highest BCUT2D eigenvalue weighted by atomic mass is 16.5. The van der Waals surface area contributed by atoms with Gasteiger partial charge in [0.1, 0.15) is 11.5 Å². The van der Waals surface area contributed by atoms with E-state index in [1.807, 2.05) is 42.5 Å². The monoisotopic (exact) mass is 456 g/mol. The highest BCUT2D eigenvalue weighted by molar-refractivity contribution is 5.91. The van der Waals surface area contributed by atoms with Crippen LogP contribution in [0.25, 0.3) is 11.1 Å². The van der Waals surface area contributed by atoms with Crippen LogP contribution >= 0.6 is 0 Å². The van der Waals surface area contributed by atoms with Gasteiger partial charge in [-0.15, -0.1) is 6.58 Å². The van der Waals surface area contributed by atoms with Crippen molar-refractivity contribution in [2.24, 2.45) is 5.92 Å². The molecule has 0 aliphatic carbocycles. The van der Waals surface area contributed by atoms with Gasteiger partial charge in [-0.3, -0.25) is 0 Å². The van der Waals surface area contributed by atoms with Crippen molar-refractivity contribution in [2.45, 2.75) is 52.4 Å². The van der Waals surface area contributed by atoms with Gasteiger partial charge in [0.05, 0.1) is 12.2 Å². The van der Waals surface area contributed by atoms with Crippen LogP contribution in [-0.2, 0) is 6.42 Å². The summed E-state index contributed by atoms with van der Waals surface area (Å²) < 4.78 is 11.2. The Balaban J connectivity index is 1.51. The molecule has 0 aliphatic rings. The lowest BCUT2D eigenvalue weighted by Gasteiger charge is -2.09. The van der Waals surface area contributed by atoms with Crippen molar-refractivity contribution in [1.29, 1.82) is 0 Å². The third-order valence-corrected chi connectivity index (χ3v) is 6.14. The summed E-state index contributed by atoms with van der Waals surface area (Å²) in [5.74, 6) is 1.66. The van der Waals surface area contributed by atoms with E-state index in [1.165, 1.54) is 18.4 Å². The number of allylic oxidation sites excluding steroid dienone is 1. The summed E-state index contributed by atoms with van der Waals surface area (Å²) in [4.78, 5) is 12.6. The number of aryl methyl sites for hydroxylation is 1. The molecule has 3 rings (SSSR count). The maximum Gasteiger partial charge on any atom is 0.343 e. The summed E-state index contributed by atoms with van der Waals surface area (Å²) >= 11 is 0. The molecule has 34 heavy (non-hydrogen) atoms. The first-order valence-electron chi connectivity index (χ1n) is 12.3. The molecule has 3 aromatic carbocycles. The fourth-order valence-corrected chi connectivity index (χ4v) is 3.63. The van der Waals surface area contributed by atoms with Crippen LogP contribution in [0.5, 0.6) is 11.5 Å². The van der Waals surface area contributed by atoms with E-state index in [4.69, 9.17) is 9.47 Å². The Morgan fingerprint density at radius 1 is 0.882 bits per heavy atom. The molecule has 3 nitrogen and oxygen atoms in total. The largest absolute Gasteiger partial charge is 0.494 e. The normalized spacial score (nSPS) is 11.6. The zero-order valence-corrected chi connectivity index (χ0v) is 20.5. The zero-order chi connectivity index (χ0) is 24.2. The second kappa shape index (κ2) is 13.4. The van der Waals surface area contributed by atoms with Crippen molar-refractivity contribution < 1.29 is 14.3 Å². The zero-order valence-electron chi connectivity index (χ0n) is 20.5. The van der Waals surface area contributed by atoms with Gasteiger partial charge in [-0.1, -0.05) is 62.7 Å². The van der Waals surface area contributed by atoms with Gasteiger partial charge in [0, 0.05) is 0 Å². The summed E-state index contributed by atoms with van der Waals surface area (Å²) in [6.45, 7) is 8.94. The minimum absolute atomic E-state index is 0.370. The molecule has 0 heterocycles. The summed E-state index contributed by atoms with van der Waals surface area (Å²) in [5.41, 5.74) is 4.12. The summed E-state index contributed by atoms with van der Waals surface area (Å²) in [7, 11) is 0. The van der Waals surface area contributed by atoms with Crippen molar-refractivity contribution in [3.8, 4) is 22.6 Å². The number of benzene rings is 3. The van der Waals surface area contributed by atoms with Crippen LogP contribution in [0.3, 0.4) is 0 Å². The van der Waals surface area contributed by atoms with Gasteiger partial charge in [0.2, 0.25) is 0 Å². The van der Waals surface area contributed by atoms with Crippen LogP contribution in [0.1, 0.15) is 61.9 Å². The standard InChI is InChI=1S/C31H36O3/c1-4-6-7-8-23-33-29-19-21-30(22-20-29)34-31(32)28-17-15-27(16-18-28)26-13-11-25(12-14-26)10-9-24(3)5-2/h4,11-22,24H,1,5-10,23H2,2-3H3. The van der Waals surface area contributed by atoms with E-state index >= 15 is 0 Å². The maximum atomic E-state index is 12.6. The number of hydrogen-bond acceptors (Lipinski definition) is 3. The number of unbranched alkanes of at least 4 members (excludes halogenated alkanes) is 2. The minimum atomic E-state index is -0.370. The lowest BCUT2D eigenvalue weighted by atomic mass is 9.97. The Bertz CT molecular complexity index is 1020. The number of carbonyl (C=O) groups excluding carboxylic acids is 1. The molecule has 0 fully saturated rings. The van der Waals surface area contributed by atoms with Crippen molar-refractivity contribution in [1.82, 2.24) is 0 Å². The van der Waals surface area contributed by atoms with Crippen LogP contribution < -0.4 is 9.47 Å². The maximum absolute atomic E-state index is 12.6. The molecule has 0 spiro atoms. The van der Waals surface area contributed by atoms with Crippen LogP contribution in [0.4, 0.5) is 0 Å². The number of hydrogen-bond donors (Lipinski definition) is 0. The Morgan fingerprint density at radius 3 is 2.12 bits per heavy atom. The van der Waals surface area contributed by atoms with E-state index in [0.717, 1.165) is 48.5 Å². The van der Waals surface area contributed by atoms with E-state index in [9.17, 15) is 4.79 Å². The third kappa shape index (κ3) is 7.91. The van der Waals surface area contributed by atoms with Gasteiger partial charge >= 0.3 is 5.97 Å². The predicted molar refractivity (Wildman–Crippen MR) is 141 cm³/mol. The van der Waals surface area contributed by atoms with Crippen molar-refractivity contribution >= 4 is 5.97 Å². The third-order valence-electron chi connectivity index (χ3n) is 6.14. The highest BCUT2D eigenvalue weighted by Crippen LogP contribution is 2.23. The highest BCUT2D eigenvalue weighted by Gasteiger charge is 2.10. The smallest absolute Gasteiger partial charge is 0.343 e. The van der Waals surface area contributed by atoms with Crippen molar-refractivity contribution in [3.05, 3.63) is 96.6 Å². The van der Waals surface area contributed by atoms with Crippen LogP contribution in [0.2, 0.25) is 0 Å². The van der Waals surface area contributed by atoms with Gasteiger partial charge < -0.3 is 9.47 Å². The average molecular weight is 457 g/mol. The first-order valence-corrected chi connectivity index (χ1v) is 12.3. The molecular weight excluding hydrogens is 420 g/mol. The molecule has 178 valence electrons. The van der Waals surface area contributed by atoms with Crippen LogP contribution in [-0.4, -0.2) is 12.6 Å². The molecule has 3 heteroatoms. The second-order valence-corrected chi connectivity index (χ2v) is 8.82. The van der Waals surface area contributed by atoms with Crippen molar-refractivity contribution in [2.75, 3.05) is 6.61 Å². The molecule has 1 atom stereocenters. The summed E-state index contributed by atoms with van der Waals surface area (Å²) in [6.07, 6.45) is 8.54. The van der Waals surface area contributed by atoms with Gasteiger partial charge in [-0.05, 0) is 91.1 Å². The molecular formula is C31H36O3. The van der Waals surface area contributed by atoms with E-state index in [2.05, 4.69) is 44.7 Å². The van der Waals surface area contributed by atoms with Crippen LogP contribution in [0, 0.1) is 5.92 Å². The molecule has 0 saturated heterocycles. The molecule has 0 N–H and O–H groups in total. The fraction of sp³-hybridized carbons (Fsp3) is 0.323. The summed E-state index contributed by atoms with van der Waals surface area (Å²) in [5, 5.41) is 0. The summed E-state index contributed by atoms with van der Waals surface area (Å²) in [6, 6.07) is 23.4. The SMILES string of the molecule is C=CCCCCOc1ccc(OC(=O)c2ccc(-c3ccc(CCC(C)CC)cc3)cc2)cc1. The van der Waals surface area contributed by atoms with Gasteiger partial charge in [0.25, 0.3) is 0 Å². The Labute approximate surface area is 204 Å². The molecule has 0 saturated carbocycles. The van der Waals surface area contributed by atoms with Gasteiger partial charge in [0.15, 0.2) is 0 Å². The van der Waals surface area contributed by atoms with E-state index < -0.39 is 0 Å². The number of ether oxygens (including phenoxy) is 2. The van der Waals surface area contributed by atoms with Crippen molar-refractivity contribution in [3.63, 3.8) is 0 Å². The van der Waals surface area contributed by atoms with Gasteiger partial charge in [-0.2, -0.15) is 0 Å².